The second-order valence-corrected chi connectivity index (χ2v) is 6.60. The highest BCUT2D eigenvalue weighted by atomic mass is 16.3. The first-order valence-corrected chi connectivity index (χ1v) is 7.03. The van der Waals surface area contributed by atoms with Gasteiger partial charge >= 0.3 is 0 Å². The van der Waals surface area contributed by atoms with Gasteiger partial charge in [-0.1, -0.05) is 45.1 Å². The number of aliphatic hydroxyl groups is 1. The SMILES string of the molecule is CC.CC1=C(C#CC(C)(C)C)C(C)(C)CC(O)C1. The Bertz CT molecular complexity index is 355. The molecule has 0 saturated heterocycles. The van der Waals surface area contributed by atoms with E-state index in [-0.39, 0.29) is 16.9 Å². The lowest BCUT2D eigenvalue weighted by atomic mass is 9.71. The lowest BCUT2D eigenvalue weighted by Crippen LogP contribution is -2.28. The van der Waals surface area contributed by atoms with Crippen molar-refractivity contribution in [1.29, 1.82) is 0 Å². The summed E-state index contributed by atoms with van der Waals surface area (Å²) >= 11 is 0. The maximum atomic E-state index is 9.78. The fourth-order valence-corrected chi connectivity index (χ4v) is 2.32. The van der Waals surface area contributed by atoms with Crippen LogP contribution in [-0.2, 0) is 0 Å². The molecule has 1 atom stereocenters. The van der Waals surface area contributed by atoms with Gasteiger partial charge in [0.25, 0.3) is 0 Å². The molecule has 0 aromatic rings. The second kappa shape index (κ2) is 6.43. The van der Waals surface area contributed by atoms with Crippen molar-refractivity contribution in [2.75, 3.05) is 0 Å². The molecule has 1 nitrogen and oxygen atoms in total. The van der Waals surface area contributed by atoms with E-state index in [1.54, 1.807) is 0 Å². The minimum absolute atomic E-state index is 0.0139. The van der Waals surface area contributed by atoms with Gasteiger partial charge in [0.05, 0.1) is 6.10 Å². The van der Waals surface area contributed by atoms with Gasteiger partial charge in [-0.2, -0.15) is 0 Å². The van der Waals surface area contributed by atoms with Crippen molar-refractivity contribution in [1.82, 2.24) is 0 Å². The summed E-state index contributed by atoms with van der Waals surface area (Å²) in [5, 5.41) is 9.78. The zero-order valence-corrected chi connectivity index (χ0v) is 13.4. The fraction of sp³-hybridized carbons (Fsp3) is 0.765. The van der Waals surface area contributed by atoms with Crippen LogP contribution in [0.2, 0.25) is 0 Å². The summed E-state index contributed by atoms with van der Waals surface area (Å²) in [6.45, 7) is 16.8. The third kappa shape index (κ3) is 5.27. The summed E-state index contributed by atoms with van der Waals surface area (Å²) < 4.78 is 0. The van der Waals surface area contributed by atoms with Gasteiger partial charge in [0.1, 0.15) is 0 Å². The maximum absolute atomic E-state index is 9.78. The van der Waals surface area contributed by atoms with Crippen LogP contribution in [0.15, 0.2) is 11.1 Å². The molecule has 104 valence electrons. The fourth-order valence-electron chi connectivity index (χ4n) is 2.32. The first-order chi connectivity index (χ1) is 8.12. The molecular weight excluding hydrogens is 220 g/mol. The van der Waals surface area contributed by atoms with E-state index in [1.165, 1.54) is 11.1 Å². The van der Waals surface area contributed by atoms with Crippen LogP contribution in [0.3, 0.4) is 0 Å². The largest absolute Gasteiger partial charge is 0.393 e. The van der Waals surface area contributed by atoms with Crippen molar-refractivity contribution < 1.29 is 5.11 Å². The molecule has 1 aliphatic carbocycles. The Balaban J connectivity index is 0.00000137. The summed E-state index contributed by atoms with van der Waals surface area (Å²) in [5.41, 5.74) is 2.53. The monoisotopic (exact) mass is 250 g/mol. The summed E-state index contributed by atoms with van der Waals surface area (Å²) in [6.07, 6.45) is 1.39. The van der Waals surface area contributed by atoms with Crippen molar-refractivity contribution in [2.24, 2.45) is 10.8 Å². The van der Waals surface area contributed by atoms with Gasteiger partial charge in [0.2, 0.25) is 0 Å². The van der Waals surface area contributed by atoms with Crippen molar-refractivity contribution in [2.45, 2.75) is 74.3 Å². The molecule has 0 heterocycles. The Morgan fingerprint density at radius 1 is 1.22 bits per heavy atom. The van der Waals surface area contributed by atoms with Crippen LogP contribution >= 0.6 is 0 Å². The summed E-state index contributed by atoms with van der Waals surface area (Å²) in [6, 6.07) is 0. The quantitative estimate of drug-likeness (QED) is 0.625. The normalized spacial score (nSPS) is 22.6. The van der Waals surface area contributed by atoms with E-state index in [0.717, 1.165) is 12.8 Å². The predicted octanol–water partition coefficient (Wildman–Crippen LogP) is 4.56. The smallest absolute Gasteiger partial charge is 0.0586 e. The topological polar surface area (TPSA) is 20.2 Å². The molecule has 0 aliphatic heterocycles. The Morgan fingerprint density at radius 3 is 2.11 bits per heavy atom. The highest BCUT2D eigenvalue weighted by Gasteiger charge is 2.32. The zero-order valence-electron chi connectivity index (χ0n) is 13.4. The van der Waals surface area contributed by atoms with E-state index < -0.39 is 0 Å². The van der Waals surface area contributed by atoms with E-state index in [0.29, 0.717) is 0 Å². The lowest BCUT2D eigenvalue weighted by Gasteiger charge is -2.34. The molecule has 1 aliphatic rings. The molecule has 0 spiro atoms. The third-order valence-corrected chi connectivity index (χ3v) is 2.95. The van der Waals surface area contributed by atoms with E-state index in [2.05, 4.69) is 53.4 Å². The van der Waals surface area contributed by atoms with Gasteiger partial charge in [-0.05, 0) is 40.5 Å². The molecular formula is C17H30O. The molecule has 1 rings (SSSR count). The molecule has 0 saturated carbocycles. The van der Waals surface area contributed by atoms with Crippen molar-refractivity contribution in [3.05, 3.63) is 11.1 Å². The van der Waals surface area contributed by atoms with E-state index in [1.807, 2.05) is 13.8 Å². The van der Waals surface area contributed by atoms with Crippen LogP contribution in [0, 0.1) is 22.7 Å². The molecule has 0 fully saturated rings. The standard InChI is InChI=1S/C15H24O.C2H6/c1-11-9-12(16)10-15(5,6)13(11)7-8-14(2,3)4;1-2/h12,16H,9-10H2,1-6H3;1-2H3. The first kappa shape index (κ1) is 17.3. The van der Waals surface area contributed by atoms with Crippen LogP contribution in [-0.4, -0.2) is 11.2 Å². The molecule has 0 radical (unpaired) electrons. The Morgan fingerprint density at radius 2 is 1.72 bits per heavy atom. The minimum Gasteiger partial charge on any atom is -0.393 e. The van der Waals surface area contributed by atoms with Crippen LogP contribution in [0.25, 0.3) is 0 Å². The van der Waals surface area contributed by atoms with E-state index in [9.17, 15) is 5.11 Å². The molecule has 18 heavy (non-hydrogen) atoms. The average Bonchev–Trinajstić information content (AvgIpc) is 2.15. The number of hydrogen-bond donors (Lipinski definition) is 1. The third-order valence-electron chi connectivity index (χ3n) is 2.95. The lowest BCUT2D eigenvalue weighted by molar-refractivity contribution is 0.117. The highest BCUT2D eigenvalue weighted by molar-refractivity contribution is 5.40. The summed E-state index contributed by atoms with van der Waals surface area (Å²) in [4.78, 5) is 0. The van der Waals surface area contributed by atoms with Crippen LogP contribution in [0.1, 0.15) is 68.2 Å². The number of hydrogen-bond acceptors (Lipinski definition) is 1. The van der Waals surface area contributed by atoms with Crippen molar-refractivity contribution in [3.63, 3.8) is 0 Å². The van der Waals surface area contributed by atoms with Crippen molar-refractivity contribution in [3.8, 4) is 11.8 Å². The Labute approximate surface area is 114 Å². The summed E-state index contributed by atoms with van der Waals surface area (Å²) in [5.74, 6) is 6.64. The van der Waals surface area contributed by atoms with Crippen molar-refractivity contribution >= 4 is 0 Å². The van der Waals surface area contributed by atoms with Gasteiger partial charge in [0, 0.05) is 16.4 Å². The molecule has 0 aromatic carbocycles. The Kier molecular flexibility index (Phi) is 6.17. The molecule has 0 amide bonds. The molecule has 0 aromatic heterocycles. The second-order valence-electron chi connectivity index (χ2n) is 6.60. The van der Waals surface area contributed by atoms with Gasteiger partial charge in [0.15, 0.2) is 0 Å². The maximum Gasteiger partial charge on any atom is 0.0586 e. The van der Waals surface area contributed by atoms with Crippen LogP contribution in [0.4, 0.5) is 0 Å². The van der Waals surface area contributed by atoms with Gasteiger partial charge in [-0.3, -0.25) is 0 Å². The van der Waals surface area contributed by atoms with Gasteiger partial charge in [-0.25, -0.2) is 0 Å². The van der Waals surface area contributed by atoms with Crippen LogP contribution < -0.4 is 0 Å². The van der Waals surface area contributed by atoms with E-state index in [4.69, 9.17) is 0 Å². The number of rotatable bonds is 0. The van der Waals surface area contributed by atoms with Crippen LogP contribution in [0.5, 0.6) is 0 Å². The molecule has 1 N–H and O–H groups in total. The van der Waals surface area contributed by atoms with E-state index >= 15 is 0 Å². The first-order valence-electron chi connectivity index (χ1n) is 7.03. The number of allylic oxidation sites excluding steroid dienone is 1. The summed E-state index contributed by atoms with van der Waals surface area (Å²) in [7, 11) is 0. The molecule has 1 heteroatoms. The Hall–Kier alpha value is -0.740. The minimum atomic E-state index is -0.199. The predicted molar refractivity (Wildman–Crippen MR) is 80.3 cm³/mol. The van der Waals surface area contributed by atoms with Gasteiger partial charge < -0.3 is 5.11 Å². The highest BCUT2D eigenvalue weighted by Crippen LogP contribution is 2.39. The van der Waals surface area contributed by atoms with Gasteiger partial charge in [-0.15, -0.1) is 0 Å². The molecule has 0 bridgehead atoms. The average molecular weight is 250 g/mol. The molecule has 1 unspecified atom stereocenters. The zero-order chi connectivity index (χ0) is 14.6. The number of aliphatic hydroxyl groups excluding tert-OH is 1.